The minimum Gasteiger partial charge on any atom is -0.484 e. The van der Waals surface area contributed by atoms with E-state index in [0.29, 0.717) is 22.5 Å². The van der Waals surface area contributed by atoms with Crippen molar-refractivity contribution in [2.45, 2.75) is 13.5 Å². The number of carbonyl (C=O) groups excluding carboxylic acids is 1. The lowest BCUT2D eigenvalue weighted by Gasteiger charge is -2.06. The number of aromatic nitrogens is 2. The summed E-state index contributed by atoms with van der Waals surface area (Å²) in [6, 6.07) is 6.77. The molecule has 0 bridgehead atoms. The van der Waals surface area contributed by atoms with Crippen LogP contribution in [0.5, 0.6) is 5.75 Å². The summed E-state index contributed by atoms with van der Waals surface area (Å²) in [5.41, 5.74) is 0. The van der Waals surface area contributed by atoms with Gasteiger partial charge in [-0.05, 0) is 24.3 Å². The molecule has 7 heteroatoms. The molecule has 0 fully saturated rings. The topological polar surface area (TPSA) is 77.2 Å². The fourth-order valence-electron chi connectivity index (χ4n) is 1.32. The van der Waals surface area contributed by atoms with Crippen LogP contribution >= 0.6 is 11.6 Å². The molecule has 0 spiro atoms. The van der Waals surface area contributed by atoms with Crippen molar-refractivity contribution in [1.82, 2.24) is 15.5 Å². The third-order valence-electron chi connectivity index (χ3n) is 2.20. The summed E-state index contributed by atoms with van der Waals surface area (Å²) in [5.74, 6) is 1.20. The Bertz CT molecular complexity index is 554. The Hall–Kier alpha value is -2.08. The van der Waals surface area contributed by atoms with E-state index in [1.165, 1.54) is 0 Å². The lowest BCUT2D eigenvalue weighted by atomic mass is 10.3. The zero-order valence-corrected chi connectivity index (χ0v) is 11.0. The number of carbonyl (C=O) groups is 1. The molecule has 1 N–H and O–H groups in total. The smallest absolute Gasteiger partial charge is 0.258 e. The largest absolute Gasteiger partial charge is 0.484 e. The Morgan fingerprint density at radius 1 is 1.42 bits per heavy atom. The lowest BCUT2D eigenvalue weighted by molar-refractivity contribution is -0.123. The Kier molecular flexibility index (Phi) is 4.35. The van der Waals surface area contributed by atoms with Gasteiger partial charge < -0.3 is 14.6 Å². The van der Waals surface area contributed by atoms with Crippen molar-refractivity contribution in [3.63, 3.8) is 0 Å². The normalized spacial score (nSPS) is 10.2. The molecule has 0 aliphatic heterocycles. The van der Waals surface area contributed by atoms with E-state index in [1.54, 1.807) is 31.2 Å². The van der Waals surface area contributed by atoms with Crippen molar-refractivity contribution in [2.24, 2.45) is 0 Å². The average Bonchev–Trinajstić information content (AvgIpc) is 2.81. The van der Waals surface area contributed by atoms with Crippen LogP contribution in [0, 0.1) is 6.92 Å². The fraction of sp³-hybridized carbons (Fsp3) is 0.250. The second kappa shape index (κ2) is 6.19. The zero-order valence-electron chi connectivity index (χ0n) is 10.2. The van der Waals surface area contributed by atoms with E-state index < -0.39 is 0 Å². The molecule has 0 saturated carbocycles. The number of rotatable bonds is 5. The van der Waals surface area contributed by atoms with E-state index in [0.717, 1.165) is 0 Å². The summed E-state index contributed by atoms with van der Waals surface area (Å²) in [7, 11) is 0. The van der Waals surface area contributed by atoms with Crippen molar-refractivity contribution in [3.8, 4) is 5.75 Å². The number of amides is 1. The van der Waals surface area contributed by atoms with E-state index in [4.69, 9.17) is 20.9 Å². The quantitative estimate of drug-likeness (QED) is 0.903. The number of nitrogens with one attached hydrogen (secondary N) is 1. The predicted octanol–water partition coefficient (Wildman–Crippen LogP) is 1.73. The van der Waals surface area contributed by atoms with E-state index in [-0.39, 0.29) is 19.1 Å². The highest BCUT2D eigenvalue weighted by Crippen LogP contribution is 2.15. The van der Waals surface area contributed by atoms with Gasteiger partial charge in [0.1, 0.15) is 5.75 Å². The number of aryl methyl sites for hydroxylation is 1. The Morgan fingerprint density at radius 2 is 2.16 bits per heavy atom. The van der Waals surface area contributed by atoms with E-state index in [9.17, 15) is 4.79 Å². The van der Waals surface area contributed by atoms with Crippen LogP contribution in [0.4, 0.5) is 0 Å². The number of hydrogen-bond donors (Lipinski definition) is 1. The minimum absolute atomic E-state index is 0.0849. The van der Waals surface area contributed by atoms with E-state index in [1.807, 2.05) is 0 Å². The molecule has 1 heterocycles. The van der Waals surface area contributed by atoms with E-state index in [2.05, 4.69) is 15.5 Å². The molecule has 0 aliphatic carbocycles. The standard InChI is InChI=1S/C12H12ClN3O3/c1-8-15-11(16-19-8)6-14-12(17)7-18-10-4-2-9(13)3-5-10/h2-5H,6-7H2,1H3,(H,14,17). The van der Waals surface area contributed by atoms with Crippen molar-refractivity contribution in [2.75, 3.05) is 6.61 Å². The zero-order chi connectivity index (χ0) is 13.7. The molecule has 2 aromatic rings. The summed E-state index contributed by atoms with van der Waals surface area (Å²) in [5, 5.41) is 6.89. The molecular formula is C12H12ClN3O3. The molecule has 6 nitrogen and oxygen atoms in total. The monoisotopic (exact) mass is 281 g/mol. The van der Waals surface area contributed by atoms with Gasteiger partial charge in [-0.25, -0.2) is 0 Å². The summed E-state index contributed by atoms with van der Waals surface area (Å²) in [4.78, 5) is 15.5. The molecule has 0 saturated heterocycles. The maximum absolute atomic E-state index is 11.5. The van der Waals surface area contributed by atoms with Crippen LogP contribution in [-0.2, 0) is 11.3 Å². The molecule has 0 aliphatic rings. The average molecular weight is 282 g/mol. The molecule has 1 aromatic heterocycles. The molecule has 0 radical (unpaired) electrons. The van der Waals surface area contributed by atoms with Crippen LogP contribution in [0.2, 0.25) is 5.02 Å². The second-order valence-corrected chi connectivity index (χ2v) is 4.19. The van der Waals surface area contributed by atoms with Gasteiger partial charge in [-0.15, -0.1) is 0 Å². The van der Waals surface area contributed by atoms with Gasteiger partial charge in [0.2, 0.25) is 5.89 Å². The van der Waals surface area contributed by atoms with Gasteiger partial charge in [0.05, 0.1) is 6.54 Å². The first kappa shape index (κ1) is 13.4. The molecule has 0 unspecified atom stereocenters. The SMILES string of the molecule is Cc1nc(CNC(=O)COc2ccc(Cl)cc2)no1. The molecule has 1 aromatic carbocycles. The lowest BCUT2D eigenvalue weighted by Crippen LogP contribution is -2.28. The third kappa shape index (κ3) is 4.26. The fourth-order valence-corrected chi connectivity index (χ4v) is 1.45. The second-order valence-electron chi connectivity index (χ2n) is 3.75. The highest BCUT2D eigenvalue weighted by atomic mass is 35.5. The van der Waals surface area contributed by atoms with Gasteiger partial charge in [-0.1, -0.05) is 16.8 Å². The predicted molar refractivity (Wildman–Crippen MR) is 67.8 cm³/mol. The van der Waals surface area contributed by atoms with Gasteiger partial charge in [0.25, 0.3) is 5.91 Å². The number of nitrogens with zero attached hydrogens (tertiary/aromatic N) is 2. The summed E-state index contributed by atoms with van der Waals surface area (Å²) < 4.78 is 10.1. The maximum Gasteiger partial charge on any atom is 0.258 e. The summed E-state index contributed by atoms with van der Waals surface area (Å²) >= 11 is 5.74. The number of ether oxygens (including phenoxy) is 1. The van der Waals surface area contributed by atoms with Gasteiger partial charge in [-0.3, -0.25) is 4.79 Å². The minimum atomic E-state index is -0.266. The Morgan fingerprint density at radius 3 is 2.79 bits per heavy atom. The van der Waals surface area contributed by atoms with Crippen LogP contribution in [-0.4, -0.2) is 22.7 Å². The Labute approximate surface area is 114 Å². The highest BCUT2D eigenvalue weighted by molar-refractivity contribution is 6.30. The van der Waals surface area contributed by atoms with Gasteiger partial charge in [0.15, 0.2) is 12.4 Å². The number of benzene rings is 1. The Balaban J connectivity index is 1.74. The first-order valence-electron chi connectivity index (χ1n) is 5.58. The van der Waals surface area contributed by atoms with Crippen LogP contribution in [0.15, 0.2) is 28.8 Å². The molecule has 19 heavy (non-hydrogen) atoms. The molecule has 2 rings (SSSR count). The number of hydrogen-bond acceptors (Lipinski definition) is 5. The molecule has 1 amide bonds. The van der Waals surface area contributed by atoms with Crippen molar-refractivity contribution in [1.29, 1.82) is 0 Å². The first-order chi connectivity index (χ1) is 9.13. The molecular weight excluding hydrogens is 270 g/mol. The van der Waals surface area contributed by atoms with Gasteiger partial charge in [0, 0.05) is 11.9 Å². The molecule has 100 valence electrons. The van der Waals surface area contributed by atoms with Crippen LogP contribution in [0.1, 0.15) is 11.7 Å². The number of halogens is 1. The summed E-state index contributed by atoms with van der Waals surface area (Å²) in [6.07, 6.45) is 0. The van der Waals surface area contributed by atoms with Gasteiger partial charge >= 0.3 is 0 Å². The maximum atomic E-state index is 11.5. The summed E-state index contributed by atoms with van der Waals surface area (Å²) in [6.45, 7) is 1.81. The van der Waals surface area contributed by atoms with Crippen molar-refractivity contribution >= 4 is 17.5 Å². The van der Waals surface area contributed by atoms with Crippen LogP contribution in [0.3, 0.4) is 0 Å². The van der Waals surface area contributed by atoms with E-state index >= 15 is 0 Å². The third-order valence-corrected chi connectivity index (χ3v) is 2.45. The highest BCUT2D eigenvalue weighted by Gasteiger charge is 2.06. The van der Waals surface area contributed by atoms with Crippen molar-refractivity contribution < 1.29 is 14.1 Å². The van der Waals surface area contributed by atoms with Crippen molar-refractivity contribution in [3.05, 3.63) is 41.0 Å². The first-order valence-corrected chi connectivity index (χ1v) is 5.95. The van der Waals surface area contributed by atoms with Crippen LogP contribution in [0.25, 0.3) is 0 Å². The molecule has 0 atom stereocenters. The van der Waals surface area contributed by atoms with Gasteiger partial charge in [-0.2, -0.15) is 4.98 Å². The van der Waals surface area contributed by atoms with Crippen LogP contribution < -0.4 is 10.1 Å².